The van der Waals surface area contributed by atoms with Crippen molar-refractivity contribution in [1.82, 2.24) is 0 Å². The summed E-state index contributed by atoms with van der Waals surface area (Å²) in [6, 6.07) is 10.2. The van der Waals surface area contributed by atoms with Gasteiger partial charge in [0, 0.05) is 0 Å². The normalized spacial score (nSPS) is 13.3. The molecule has 18 nitrogen and oxygen atoms in total. The van der Waals surface area contributed by atoms with Crippen LogP contribution in [0.15, 0.2) is 90.9 Å². The molecule has 0 unspecified atom stereocenters. The molecule has 0 bridgehead atoms. The van der Waals surface area contributed by atoms with E-state index in [0.29, 0.717) is 12.1 Å². The fraction of sp³-hybridized carbons (Fsp3) is 0. The van der Waals surface area contributed by atoms with Gasteiger partial charge in [0.15, 0.2) is 0 Å². The summed E-state index contributed by atoms with van der Waals surface area (Å²) >= 11 is -11.4. The van der Waals surface area contributed by atoms with Crippen LogP contribution < -0.4 is 8.70 Å². The topological polar surface area (TPSA) is 314 Å². The van der Waals surface area contributed by atoms with Crippen LogP contribution in [-0.2, 0) is 27.7 Å². The predicted octanol–water partition coefficient (Wildman–Crippen LogP) is 0.697. The first kappa shape index (κ1) is 33.2. The SMILES string of the molecule is O=S(=O)(O)c1cc(O)c2c(O)c(N=Nc3ccccc3[As](=O)(O)O)c(S(=O)(=O)O)c(N=Nc3ccccc3[As](=O)(O)O)c2c1. The average Bonchev–Trinajstić information content (AvgIpc) is 2.89. The Morgan fingerprint density at radius 2 is 1.07 bits per heavy atom. The standard InChI is InChI=1S/C22H18As2N4O14S2/c29-17-10-11(43(37,38)39)9-12-18(17)21(30)20(28-26-16-8-4-2-6-14(16)24(34,35)36)22(44(40,41)42)19(12)27-25-15-7-3-1-5-13(15)23(31,32)33/h1-10,29-30H,(H2,31,32,33)(H2,34,35,36)(H,37,38,39)(H,40,41,42). The van der Waals surface area contributed by atoms with Crippen molar-refractivity contribution in [2.45, 2.75) is 9.79 Å². The van der Waals surface area contributed by atoms with Crippen LogP contribution in [0.1, 0.15) is 0 Å². The van der Waals surface area contributed by atoms with Gasteiger partial charge in [-0.1, -0.05) is 0 Å². The first-order valence-electron chi connectivity index (χ1n) is 11.4. The van der Waals surface area contributed by atoms with E-state index in [4.69, 9.17) is 0 Å². The zero-order chi connectivity index (χ0) is 32.8. The number of nitrogens with zero attached hydrogens (tertiary/aromatic N) is 4. The molecule has 4 rings (SSSR count). The van der Waals surface area contributed by atoms with Gasteiger partial charge in [0.1, 0.15) is 0 Å². The molecule has 8 N–H and O–H groups in total. The second kappa shape index (κ2) is 11.7. The number of fused-ring (bicyclic) bond motifs is 1. The van der Waals surface area contributed by atoms with Crippen molar-refractivity contribution in [3.05, 3.63) is 60.7 Å². The van der Waals surface area contributed by atoms with Crippen molar-refractivity contribution in [2.75, 3.05) is 0 Å². The Hall–Kier alpha value is -3.68. The first-order chi connectivity index (χ1) is 20.2. The Kier molecular flexibility index (Phi) is 8.81. The first-order valence-corrected chi connectivity index (χ1v) is 21.0. The maximum absolute atomic E-state index is 12.7. The molecule has 0 amide bonds. The number of hydrogen-bond acceptors (Lipinski definition) is 12. The van der Waals surface area contributed by atoms with Crippen LogP contribution in [0.25, 0.3) is 10.8 Å². The predicted molar refractivity (Wildman–Crippen MR) is 149 cm³/mol. The third-order valence-corrected chi connectivity index (χ3v) is 11.7. The molecule has 0 atom stereocenters. The van der Waals surface area contributed by atoms with Gasteiger partial charge in [0.05, 0.1) is 0 Å². The summed E-state index contributed by atoms with van der Waals surface area (Å²) in [5.74, 6) is -2.35. The van der Waals surface area contributed by atoms with Crippen LogP contribution in [0, 0.1) is 0 Å². The van der Waals surface area contributed by atoms with Crippen LogP contribution >= 0.6 is 0 Å². The van der Waals surface area contributed by atoms with Crippen LogP contribution in [0.3, 0.4) is 0 Å². The number of phenolic OH excluding ortho intramolecular Hbond substituents is 2. The molecule has 4 aromatic carbocycles. The van der Waals surface area contributed by atoms with E-state index in [-0.39, 0.29) is 0 Å². The van der Waals surface area contributed by atoms with Crippen LogP contribution in [-0.4, -0.2) is 80.9 Å². The van der Waals surface area contributed by atoms with Gasteiger partial charge in [-0.25, -0.2) is 0 Å². The zero-order valence-corrected chi connectivity index (χ0v) is 26.7. The summed E-state index contributed by atoms with van der Waals surface area (Å²) in [4.78, 5) is -2.47. The Morgan fingerprint density at radius 1 is 0.614 bits per heavy atom. The van der Waals surface area contributed by atoms with Crippen molar-refractivity contribution in [3.8, 4) is 11.5 Å². The molecule has 0 heterocycles. The molecule has 0 aromatic heterocycles. The monoisotopic (exact) mass is 776 g/mol. The van der Waals surface area contributed by atoms with Gasteiger partial charge < -0.3 is 0 Å². The summed E-state index contributed by atoms with van der Waals surface area (Å²) in [5, 5.41) is 34.5. The molecule has 0 aliphatic carbocycles. The van der Waals surface area contributed by atoms with Crippen molar-refractivity contribution in [1.29, 1.82) is 0 Å². The molecule has 4 aromatic rings. The van der Waals surface area contributed by atoms with E-state index in [1.807, 2.05) is 0 Å². The van der Waals surface area contributed by atoms with Crippen molar-refractivity contribution < 1.29 is 60.0 Å². The summed E-state index contributed by atoms with van der Waals surface area (Å²) < 4.78 is 130. The number of hydrogen-bond donors (Lipinski definition) is 8. The summed E-state index contributed by atoms with van der Waals surface area (Å²) in [7, 11) is -10.7. The van der Waals surface area contributed by atoms with Crippen molar-refractivity contribution >= 4 is 90.8 Å². The Morgan fingerprint density at radius 3 is 1.50 bits per heavy atom. The van der Waals surface area contributed by atoms with Crippen LogP contribution in [0.2, 0.25) is 0 Å². The van der Waals surface area contributed by atoms with E-state index in [0.717, 1.165) is 24.3 Å². The molecule has 0 aliphatic heterocycles. The molecule has 0 aliphatic rings. The molecule has 0 radical (unpaired) electrons. The van der Waals surface area contributed by atoms with Crippen LogP contribution in [0.5, 0.6) is 11.5 Å². The average molecular weight is 776 g/mol. The maximum atomic E-state index is 12.7. The Balaban J connectivity index is 2.18. The number of phenols is 2. The number of azo groups is 2. The quantitative estimate of drug-likeness (QED) is 0.0694. The van der Waals surface area contributed by atoms with Crippen molar-refractivity contribution in [3.63, 3.8) is 0 Å². The third kappa shape index (κ3) is 6.84. The van der Waals surface area contributed by atoms with E-state index >= 15 is 0 Å². The van der Waals surface area contributed by atoms with E-state index in [9.17, 15) is 60.0 Å². The molecular weight excluding hydrogens is 758 g/mol. The fourth-order valence-electron chi connectivity index (χ4n) is 3.88. The number of aromatic hydroxyl groups is 2. The number of benzene rings is 4. The molecule has 22 heteroatoms. The molecule has 232 valence electrons. The minimum absolute atomic E-state index is 0.462. The van der Waals surface area contributed by atoms with Gasteiger partial charge in [0.2, 0.25) is 0 Å². The minimum atomic E-state index is -5.69. The van der Waals surface area contributed by atoms with E-state index in [1.165, 1.54) is 24.3 Å². The van der Waals surface area contributed by atoms with Crippen molar-refractivity contribution in [2.24, 2.45) is 20.5 Å². The second-order valence-corrected chi connectivity index (χ2v) is 18.0. The summed E-state index contributed by atoms with van der Waals surface area (Å²) in [5.41, 5.74) is -3.23. The van der Waals surface area contributed by atoms with Gasteiger partial charge >= 0.3 is 253 Å². The number of rotatable bonds is 8. The van der Waals surface area contributed by atoms with Gasteiger partial charge in [0.25, 0.3) is 0 Å². The van der Waals surface area contributed by atoms with Crippen LogP contribution in [0.4, 0.5) is 22.7 Å². The van der Waals surface area contributed by atoms with Gasteiger partial charge in [-0.3, -0.25) is 0 Å². The van der Waals surface area contributed by atoms with E-state index < -0.39 is 112 Å². The fourth-order valence-corrected chi connectivity index (χ4v) is 8.11. The molecule has 0 spiro atoms. The van der Waals surface area contributed by atoms with Gasteiger partial charge in [-0.15, -0.1) is 0 Å². The Bertz CT molecular complexity index is 2210. The summed E-state index contributed by atoms with van der Waals surface area (Å²) in [6.07, 6.45) is 0. The molecule has 0 saturated heterocycles. The third-order valence-electron chi connectivity index (χ3n) is 5.70. The Labute approximate surface area is 252 Å². The summed E-state index contributed by atoms with van der Waals surface area (Å²) in [6.45, 7) is 0. The van der Waals surface area contributed by atoms with Gasteiger partial charge in [-0.05, 0) is 0 Å². The molecule has 0 fully saturated rings. The van der Waals surface area contributed by atoms with E-state index in [2.05, 4.69) is 20.5 Å². The molecular formula is C22H18As2N4O14S2. The zero-order valence-electron chi connectivity index (χ0n) is 21.3. The molecule has 44 heavy (non-hydrogen) atoms. The van der Waals surface area contributed by atoms with Gasteiger partial charge in [-0.2, -0.15) is 0 Å². The molecule has 0 saturated carbocycles. The second-order valence-electron chi connectivity index (χ2n) is 8.66. The van der Waals surface area contributed by atoms with E-state index in [1.54, 1.807) is 0 Å².